The van der Waals surface area contributed by atoms with Crippen LogP contribution in [0.25, 0.3) is 0 Å². The highest BCUT2D eigenvalue weighted by Crippen LogP contribution is 2.32. The van der Waals surface area contributed by atoms with Crippen molar-refractivity contribution in [2.75, 3.05) is 26.7 Å². The fourth-order valence-corrected chi connectivity index (χ4v) is 4.21. The fraction of sp³-hybridized carbons (Fsp3) is 0.684. The summed E-state index contributed by atoms with van der Waals surface area (Å²) in [6, 6.07) is 4.31. The van der Waals surface area contributed by atoms with Crippen molar-refractivity contribution >= 4 is 12.0 Å². The number of aryl methyl sites for hydroxylation is 1. The van der Waals surface area contributed by atoms with Crippen LogP contribution in [0.5, 0.6) is 0 Å². The maximum atomic E-state index is 13.3. The van der Waals surface area contributed by atoms with Gasteiger partial charge in [0.25, 0.3) is 0 Å². The second-order valence-electron chi connectivity index (χ2n) is 7.20. The van der Waals surface area contributed by atoms with Gasteiger partial charge in [-0.1, -0.05) is 12.8 Å². The number of likely N-dealkylation sites (tertiary alicyclic amines) is 2. The third kappa shape index (κ3) is 3.83. The molecule has 2 saturated heterocycles. The summed E-state index contributed by atoms with van der Waals surface area (Å²) in [5.41, 5.74) is 1.20. The molecule has 25 heavy (non-hydrogen) atoms. The highest BCUT2D eigenvalue weighted by molar-refractivity contribution is 5.80. The number of piperidine rings is 1. The van der Waals surface area contributed by atoms with E-state index in [-0.39, 0.29) is 24.0 Å². The van der Waals surface area contributed by atoms with Gasteiger partial charge >= 0.3 is 6.09 Å². The summed E-state index contributed by atoms with van der Waals surface area (Å²) in [5.74, 6) is 0.0791. The van der Waals surface area contributed by atoms with Crippen LogP contribution >= 0.6 is 0 Å². The lowest BCUT2D eigenvalue weighted by atomic mass is 9.95. The van der Waals surface area contributed by atoms with E-state index >= 15 is 0 Å². The zero-order valence-electron chi connectivity index (χ0n) is 15.3. The lowest BCUT2D eigenvalue weighted by molar-refractivity contribution is -0.139. The van der Waals surface area contributed by atoms with Gasteiger partial charge in [0, 0.05) is 38.6 Å². The molecule has 1 aromatic rings. The maximum absolute atomic E-state index is 13.3. The smallest absolute Gasteiger partial charge is 0.409 e. The SMILES string of the molecule is COC(=O)N1CCC[C@@H](C(=O)N2CCCCC[C@H]2c2cccn2C)C1. The second-order valence-corrected chi connectivity index (χ2v) is 7.20. The minimum absolute atomic E-state index is 0.117. The Bertz CT molecular complexity index is 613. The van der Waals surface area contributed by atoms with Crippen molar-refractivity contribution in [1.29, 1.82) is 0 Å². The molecule has 0 aromatic carbocycles. The van der Waals surface area contributed by atoms with E-state index in [0.29, 0.717) is 13.1 Å². The molecule has 2 fully saturated rings. The van der Waals surface area contributed by atoms with Crippen LogP contribution in [0.1, 0.15) is 50.3 Å². The van der Waals surface area contributed by atoms with Crippen molar-refractivity contribution in [2.45, 2.75) is 44.6 Å². The van der Waals surface area contributed by atoms with Crippen LogP contribution in [0.4, 0.5) is 4.79 Å². The van der Waals surface area contributed by atoms with Gasteiger partial charge in [-0.25, -0.2) is 4.79 Å². The summed E-state index contributed by atoms with van der Waals surface area (Å²) in [6.07, 6.45) is 7.81. The Morgan fingerprint density at radius 1 is 1.12 bits per heavy atom. The molecule has 2 atom stereocenters. The first kappa shape index (κ1) is 17.8. The number of nitrogens with zero attached hydrogens (tertiary/aromatic N) is 3. The second kappa shape index (κ2) is 7.93. The van der Waals surface area contributed by atoms with Gasteiger partial charge in [-0.2, -0.15) is 0 Å². The quantitative estimate of drug-likeness (QED) is 0.826. The van der Waals surface area contributed by atoms with E-state index in [1.165, 1.54) is 19.2 Å². The van der Waals surface area contributed by atoms with Crippen molar-refractivity contribution in [2.24, 2.45) is 13.0 Å². The van der Waals surface area contributed by atoms with E-state index in [0.717, 1.165) is 38.6 Å². The van der Waals surface area contributed by atoms with Crippen LogP contribution in [-0.2, 0) is 16.6 Å². The Balaban J connectivity index is 1.78. The molecule has 2 amide bonds. The molecule has 0 unspecified atom stereocenters. The molecule has 138 valence electrons. The molecule has 0 N–H and O–H groups in total. The lowest BCUT2D eigenvalue weighted by Gasteiger charge is -2.37. The summed E-state index contributed by atoms with van der Waals surface area (Å²) in [7, 11) is 3.44. The lowest BCUT2D eigenvalue weighted by Crippen LogP contribution is -2.47. The molecule has 0 aliphatic carbocycles. The van der Waals surface area contributed by atoms with Gasteiger partial charge < -0.3 is 19.1 Å². The molecule has 0 bridgehead atoms. The predicted octanol–water partition coefficient (Wildman–Crippen LogP) is 2.95. The first-order valence-corrected chi connectivity index (χ1v) is 9.36. The van der Waals surface area contributed by atoms with Gasteiger partial charge in [-0.15, -0.1) is 0 Å². The summed E-state index contributed by atoms with van der Waals surface area (Å²) in [4.78, 5) is 28.9. The summed E-state index contributed by atoms with van der Waals surface area (Å²) in [5, 5.41) is 0. The zero-order valence-corrected chi connectivity index (χ0v) is 15.3. The largest absolute Gasteiger partial charge is 0.453 e. The molecule has 0 spiro atoms. The van der Waals surface area contributed by atoms with E-state index in [9.17, 15) is 9.59 Å². The molecule has 3 heterocycles. The Morgan fingerprint density at radius 2 is 1.96 bits per heavy atom. The number of amides is 2. The molecule has 1 aromatic heterocycles. The Hall–Kier alpha value is -1.98. The standard InChI is InChI=1S/C19H29N3O3/c1-20-11-7-10-16(20)17-9-4-3-5-13-22(17)18(23)15-8-6-12-21(14-15)19(24)25-2/h7,10-11,15,17H,3-6,8-9,12-14H2,1-2H3/t15-,17+/m1/s1. The average Bonchev–Trinajstić information content (AvgIpc) is 2.92. The minimum Gasteiger partial charge on any atom is -0.453 e. The molecule has 0 radical (unpaired) electrons. The number of methoxy groups -OCH3 is 1. The Morgan fingerprint density at radius 3 is 2.68 bits per heavy atom. The van der Waals surface area contributed by atoms with Crippen LogP contribution in [-0.4, -0.2) is 53.1 Å². The normalized spacial score (nSPS) is 24.7. The number of aromatic nitrogens is 1. The number of hydrogen-bond donors (Lipinski definition) is 0. The van der Waals surface area contributed by atoms with Gasteiger partial charge in [0.2, 0.25) is 5.91 Å². The number of carbonyl (C=O) groups is 2. The van der Waals surface area contributed by atoms with Crippen LogP contribution in [0.15, 0.2) is 18.3 Å². The van der Waals surface area contributed by atoms with Gasteiger partial charge in [-0.05, 0) is 37.8 Å². The molecular formula is C19H29N3O3. The summed E-state index contributed by atoms with van der Waals surface area (Å²) in [6.45, 7) is 1.96. The number of hydrogen-bond acceptors (Lipinski definition) is 3. The van der Waals surface area contributed by atoms with Crippen molar-refractivity contribution in [3.63, 3.8) is 0 Å². The molecule has 3 rings (SSSR count). The molecule has 0 saturated carbocycles. The molecule has 6 heteroatoms. The van der Waals surface area contributed by atoms with Crippen molar-refractivity contribution in [1.82, 2.24) is 14.4 Å². The first-order valence-electron chi connectivity index (χ1n) is 9.36. The highest BCUT2D eigenvalue weighted by Gasteiger charge is 2.35. The number of rotatable bonds is 2. The fourth-order valence-electron chi connectivity index (χ4n) is 4.21. The van der Waals surface area contributed by atoms with Crippen molar-refractivity contribution in [3.05, 3.63) is 24.0 Å². The van der Waals surface area contributed by atoms with Crippen molar-refractivity contribution < 1.29 is 14.3 Å². The minimum atomic E-state index is -0.327. The van der Waals surface area contributed by atoms with E-state index < -0.39 is 0 Å². The topological polar surface area (TPSA) is 54.8 Å². The van der Waals surface area contributed by atoms with Crippen LogP contribution in [0.3, 0.4) is 0 Å². The molecule has 2 aliphatic heterocycles. The van der Waals surface area contributed by atoms with Crippen LogP contribution < -0.4 is 0 Å². The van der Waals surface area contributed by atoms with Crippen LogP contribution in [0, 0.1) is 5.92 Å². The molecule has 2 aliphatic rings. The molecular weight excluding hydrogens is 318 g/mol. The van der Waals surface area contributed by atoms with E-state index in [2.05, 4.69) is 15.5 Å². The van der Waals surface area contributed by atoms with Gasteiger partial charge in [0.05, 0.1) is 19.1 Å². The number of ether oxygens (including phenoxy) is 1. The maximum Gasteiger partial charge on any atom is 0.409 e. The summed E-state index contributed by atoms with van der Waals surface area (Å²) < 4.78 is 6.96. The first-order chi connectivity index (χ1) is 12.1. The monoisotopic (exact) mass is 347 g/mol. The average molecular weight is 347 g/mol. The highest BCUT2D eigenvalue weighted by atomic mass is 16.5. The van der Waals surface area contributed by atoms with Crippen molar-refractivity contribution in [3.8, 4) is 0 Å². The van der Waals surface area contributed by atoms with E-state index in [1.807, 2.05) is 19.3 Å². The van der Waals surface area contributed by atoms with Gasteiger partial charge in [-0.3, -0.25) is 4.79 Å². The Kier molecular flexibility index (Phi) is 5.66. The molecule has 6 nitrogen and oxygen atoms in total. The van der Waals surface area contributed by atoms with Gasteiger partial charge in [0.15, 0.2) is 0 Å². The zero-order chi connectivity index (χ0) is 17.8. The summed E-state index contributed by atoms with van der Waals surface area (Å²) >= 11 is 0. The predicted molar refractivity (Wildman–Crippen MR) is 95.0 cm³/mol. The Labute approximate surface area is 149 Å². The van der Waals surface area contributed by atoms with Crippen LogP contribution in [0.2, 0.25) is 0 Å². The third-order valence-corrected chi connectivity index (χ3v) is 5.56. The van der Waals surface area contributed by atoms with Gasteiger partial charge in [0.1, 0.15) is 0 Å². The van der Waals surface area contributed by atoms with E-state index in [1.54, 1.807) is 4.90 Å². The number of carbonyl (C=O) groups excluding carboxylic acids is 2. The van der Waals surface area contributed by atoms with E-state index in [4.69, 9.17) is 4.74 Å². The third-order valence-electron chi connectivity index (χ3n) is 5.56.